The van der Waals surface area contributed by atoms with Gasteiger partial charge in [0.15, 0.2) is 10.9 Å². The van der Waals surface area contributed by atoms with Gasteiger partial charge in [0, 0.05) is 24.6 Å². The summed E-state index contributed by atoms with van der Waals surface area (Å²) >= 11 is 1.01. The molecule has 0 amide bonds. The molecule has 0 fully saturated rings. The largest absolute Gasteiger partial charge is 0.511 e. The molecule has 0 spiro atoms. The molecular formula is C17H16N2O3S. The molecule has 23 heavy (non-hydrogen) atoms. The van der Waals surface area contributed by atoms with E-state index in [1.54, 1.807) is 6.92 Å². The van der Waals surface area contributed by atoms with E-state index in [0.29, 0.717) is 23.6 Å². The number of hydrogen-bond donors (Lipinski definition) is 2. The Hall–Kier alpha value is -2.34. The Bertz CT molecular complexity index is 827. The molecule has 0 radical (unpaired) electrons. The predicted molar refractivity (Wildman–Crippen MR) is 88.5 cm³/mol. The van der Waals surface area contributed by atoms with Gasteiger partial charge in [0.2, 0.25) is 0 Å². The Labute approximate surface area is 137 Å². The van der Waals surface area contributed by atoms with Gasteiger partial charge < -0.3 is 10.1 Å². The van der Waals surface area contributed by atoms with Crippen LogP contribution in [0.25, 0.3) is 0 Å². The second-order valence-electron chi connectivity index (χ2n) is 5.52. The number of aromatic amines is 1. The number of ketones is 1. The summed E-state index contributed by atoms with van der Waals surface area (Å²) in [5, 5.41) is 10.6. The number of carbonyl (C=O) groups excluding carboxylic acids is 1. The third-order valence-corrected chi connectivity index (χ3v) is 4.88. The van der Waals surface area contributed by atoms with Crippen LogP contribution < -0.4 is 5.56 Å². The van der Waals surface area contributed by atoms with Crippen molar-refractivity contribution >= 4 is 17.5 Å². The summed E-state index contributed by atoms with van der Waals surface area (Å²) in [5.74, 6) is -0.0859. The van der Waals surface area contributed by atoms with Gasteiger partial charge in [-0.2, -0.15) is 0 Å². The van der Waals surface area contributed by atoms with Gasteiger partial charge in [-0.1, -0.05) is 30.3 Å². The van der Waals surface area contributed by atoms with Crippen molar-refractivity contribution in [3.8, 4) is 0 Å². The zero-order chi connectivity index (χ0) is 16.4. The fourth-order valence-corrected chi connectivity index (χ4v) is 3.38. The normalized spacial score (nSPS) is 18.3. The first-order chi connectivity index (χ1) is 11.0. The van der Waals surface area contributed by atoms with Crippen LogP contribution >= 0.6 is 11.8 Å². The van der Waals surface area contributed by atoms with Crippen LogP contribution in [0.15, 0.2) is 57.1 Å². The molecule has 2 N–H and O–H groups in total. The highest BCUT2D eigenvalue weighted by Gasteiger charge is 2.29. The Morgan fingerprint density at radius 1 is 1.22 bits per heavy atom. The van der Waals surface area contributed by atoms with Crippen molar-refractivity contribution in [2.24, 2.45) is 0 Å². The maximum atomic E-state index is 12.4. The van der Waals surface area contributed by atoms with Crippen LogP contribution in [0.3, 0.4) is 0 Å². The maximum Gasteiger partial charge on any atom is 0.254 e. The first-order valence-corrected chi connectivity index (χ1v) is 8.10. The van der Waals surface area contributed by atoms with E-state index in [4.69, 9.17) is 0 Å². The van der Waals surface area contributed by atoms with Crippen LogP contribution in [0, 0.1) is 6.92 Å². The molecule has 5 nitrogen and oxygen atoms in total. The number of hydrogen-bond acceptors (Lipinski definition) is 5. The van der Waals surface area contributed by atoms with E-state index in [-0.39, 0.29) is 27.9 Å². The van der Waals surface area contributed by atoms with Crippen molar-refractivity contribution in [3.63, 3.8) is 0 Å². The molecule has 0 saturated heterocycles. The molecule has 6 heteroatoms. The summed E-state index contributed by atoms with van der Waals surface area (Å²) in [5.41, 5.74) is 1.30. The van der Waals surface area contributed by atoms with Crippen LogP contribution in [-0.4, -0.2) is 20.9 Å². The summed E-state index contributed by atoms with van der Waals surface area (Å²) < 4.78 is 0. The minimum absolute atomic E-state index is 0.0157. The number of carbonyl (C=O) groups is 1. The van der Waals surface area contributed by atoms with Gasteiger partial charge in [-0.3, -0.25) is 9.59 Å². The number of nitrogens with zero attached hydrogens (tertiary/aromatic N) is 1. The third-order valence-electron chi connectivity index (χ3n) is 3.81. The van der Waals surface area contributed by atoms with E-state index in [1.165, 1.54) is 6.20 Å². The van der Waals surface area contributed by atoms with Crippen LogP contribution in [0.1, 0.15) is 29.9 Å². The standard InChI is InChI=1S/C17H16N2O3S/c1-10-9-18-17(19-16(10)22)23-15-13(20)7-12(8-14(15)21)11-5-3-2-4-6-11/h2-6,9,12,20H,7-8H2,1H3,(H,18,19,22). The highest BCUT2D eigenvalue weighted by Crippen LogP contribution is 2.38. The average Bonchev–Trinajstić information content (AvgIpc) is 2.55. The third kappa shape index (κ3) is 3.37. The highest BCUT2D eigenvalue weighted by molar-refractivity contribution is 8.03. The first-order valence-electron chi connectivity index (χ1n) is 7.28. The molecule has 0 bridgehead atoms. The minimum Gasteiger partial charge on any atom is -0.511 e. The first kappa shape index (κ1) is 15.6. The smallest absolute Gasteiger partial charge is 0.254 e. The number of aromatic nitrogens is 2. The van der Waals surface area contributed by atoms with Gasteiger partial charge in [-0.15, -0.1) is 0 Å². The maximum absolute atomic E-state index is 12.4. The molecule has 118 valence electrons. The molecule has 1 heterocycles. The van der Waals surface area contributed by atoms with Crippen molar-refractivity contribution in [1.29, 1.82) is 0 Å². The Kier molecular flexibility index (Phi) is 4.34. The monoisotopic (exact) mass is 328 g/mol. The molecule has 2 aromatic rings. The lowest BCUT2D eigenvalue weighted by atomic mass is 9.86. The second kappa shape index (κ2) is 6.42. The van der Waals surface area contributed by atoms with E-state index in [1.807, 2.05) is 30.3 Å². The van der Waals surface area contributed by atoms with E-state index < -0.39 is 0 Å². The molecule has 0 saturated carbocycles. The number of H-pyrrole nitrogens is 1. The van der Waals surface area contributed by atoms with E-state index in [2.05, 4.69) is 9.97 Å². The van der Waals surface area contributed by atoms with E-state index >= 15 is 0 Å². The predicted octanol–water partition coefficient (Wildman–Crippen LogP) is 3.09. The molecule has 1 aliphatic rings. The van der Waals surface area contributed by atoms with Crippen molar-refractivity contribution in [2.45, 2.75) is 30.8 Å². The summed E-state index contributed by atoms with van der Waals surface area (Å²) in [7, 11) is 0. The molecule has 1 aromatic carbocycles. The van der Waals surface area contributed by atoms with Gasteiger partial charge in [-0.05, 0) is 30.2 Å². The molecule has 0 aliphatic heterocycles. The molecule has 1 unspecified atom stereocenters. The van der Waals surface area contributed by atoms with Crippen molar-refractivity contribution in [3.05, 3.63) is 68.7 Å². The average molecular weight is 328 g/mol. The van der Waals surface area contributed by atoms with Crippen molar-refractivity contribution in [2.75, 3.05) is 0 Å². The molecule has 1 aliphatic carbocycles. The van der Waals surface area contributed by atoms with Crippen molar-refractivity contribution in [1.82, 2.24) is 9.97 Å². The highest BCUT2D eigenvalue weighted by atomic mass is 32.2. The van der Waals surface area contributed by atoms with Gasteiger partial charge in [0.1, 0.15) is 5.76 Å². The number of aliphatic hydroxyl groups excluding tert-OH is 1. The zero-order valence-corrected chi connectivity index (χ0v) is 13.4. The number of nitrogens with one attached hydrogen (secondary N) is 1. The van der Waals surface area contributed by atoms with Gasteiger partial charge in [0.05, 0.1) is 4.91 Å². The Balaban J connectivity index is 1.84. The minimum atomic E-state index is -0.243. The number of benzene rings is 1. The lowest BCUT2D eigenvalue weighted by molar-refractivity contribution is -0.115. The number of rotatable bonds is 3. The SMILES string of the molecule is Cc1cnc(SC2=C(O)CC(c3ccccc3)CC2=O)[nH]c1=O. The quantitative estimate of drug-likeness (QED) is 0.846. The van der Waals surface area contributed by atoms with Crippen LogP contribution in [-0.2, 0) is 4.79 Å². The number of aliphatic hydroxyl groups is 1. The summed E-state index contributed by atoms with van der Waals surface area (Å²) in [6.07, 6.45) is 2.21. The van der Waals surface area contributed by atoms with E-state index in [9.17, 15) is 14.7 Å². The lowest BCUT2D eigenvalue weighted by Crippen LogP contribution is -2.18. The molecule has 1 atom stereocenters. The fourth-order valence-electron chi connectivity index (χ4n) is 2.54. The lowest BCUT2D eigenvalue weighted by Gasteiger charge is -2.23. The Morgan fingerprint density at radius 2 is 1.96 bits per heavy atom. The second-order valence-corrected chi connectivity index (χ2v) is 6.52. The van der Waals surface area contributed by atoms with Gasteiger partial charge in [0.25, 0.3) is 5.56 Å². The Morgan fingerprint density at radius 3 is 2.61 bits per heavy atom. The molecule has 1 aromatic heterocycles. The van der Waals surface area contributed by atoms with Gasteiger partial charge in [-0.25, -0.2) is 4.98 Å². The van der Waals surface area contributed by atoms with E-state index in [0.717, 1.165) is 17.3 Å². The molecular weight excluding hydrogens is 312 g/mol. The topological polar surface area (TPSA) is 83.1 Å². The van der Waals surface area contributed by atoms with Crippen LogP contribution in [0.4, 0.5) is 0 Å². The van der Waals surface area contributed by atoms with Crippen LogP contribution in [0.5, 0.6) is 0 Å². The number of thioether (sulfide) groups is 1. The molecule has 3 rings (SSSR count). The van der Waals surface area contributed by atoms with Crippen LogP contribution in [0.2, 0.25) is 0 Å². The number of Topliss-reactive ketones (excluding diaryl/α,β-unsaturated/α-hetero) is 1. The van der Waals surface area contributed by atoms with Crippen molar-refractivity contribution < 1.29 is 9.90 Å². The zero-order valence-electron chi connectivity index (χ0n) is 12.6. The summed E-state index contributed by atoms with van der Waals surface area (Å²) in [6, 6.07) is 9.69. The van der Waals surface area contributed by atoms with Gasteiger partial charge >= 0.3 is 0 Å². The summed E-state index contributed by atoms with van der Waals surface area (Å²) in [4.78, 5) is 31.0. The number of allylic oxidation sites excluding steroid dienone is 2. The fraction of sp³-hybridized carbons (Fsp3) is 0.235. The summed E-state index contributed by atoms with van der Waals surface area (Å²) in [6.45, 7) is 1.66. The number of aryl methyl sites for hydroxylation is 1.